The van der Waals surface area contributed by atoms with Crippen molar-refractivity contribution in [2.24, 2.45) is 5.92 Å². The third-order valence-corrected chi connectivity index (χ3v) is 3.74. The van der Waals surface area contributed by atoms with Crippen molar-refractivity contribution in [3.63, 3.8) is 0 Å². The van der Waals surface area contributed by atoms with Crippen molar-refractivity contribution in [2.75, 3.05) is 13.1 Å². The molecule has 2 nitrogen and oxygen atoms in total. The molecule has 2 aliphatic rings. The summed E-state index contributed by atoms with van der Waals surface area (Å²) in [5.41, 5.74) is 0. The normalized spacial score (nSPS) is 34.2. The third-order valence-electron chi connectivity index (χ3n) is 3.74. The number of likely N-dealkylation sites (tertiary alicyclic amines) is 1. The summed E-state index contributed by atoms with van der Waals surface area (Å²) in [7, 11) is 0. The summed E-state index contributed by atoms with van der Waals surface area (Å²) in [6.07, 6.45) is 6.92. The van der Waals surface area contributed by atoms with E-state index in [-0.39, 0.29) is 0 Å². The Morgan fingerprint density at radius 3 is 2.86 bits per heavy atom. The zero-order valence-electron chi connectivity index (χ0n) is 9.17. The molecular formula is C12H21NO. The molecule has 1 saturated carbocycles. The fourth-order valence-corrected chi connectivity index (χ4v) is 3.12. The molecule has 0 radical (unpaired) electrons. The van der Waals surface area contributed by atoms with Crippen LogP contribution in [0.1, 0.15) is 45.4 Å². The van der Waals surface area contributed by atoms with E-state index in [2.05, 4.69) is 11.8 Å². The van der Waals surface area contributed by atoms with Gasteiger partial charge in [0.2, 0.25) is 0 Å². The first-order valence-corrected chi connectivity index (χ1v) is 6.09. The van der Waals surface area contributed by atoms with Gasteiger partial charge < -0.3 is 0 Å². The van der Waals surface area contributed by atoms with Crippen molar-refractivity contribution in [2.45, 2.75) is 51.5 Å². The van der Waals surface area contributed by atoms with Crippen molar-refractivity contribution in [3.05, 3.63) is 0 Å². The topological polar surface area (TPSA) is 20.3 Å². The summed E-state index contributed by atoms with van der Waals surface area (Å²) in [4.78, 5) is 14.2. The average molecular weight is 195 g/mol. The van der Waals surface area contributed by atoms with E-state index < -0.39 is 0 Å². The van der Waals surface area contributed by atoms with E-state index in [1.54, 1.807) is 0 Å². The lowest BCUT2D eigenvalue weighted by Crippen LogP contribution is -2.37. The Balaban J connectivity index is 1.98. The Morgan fingerprint density at radius 1 is 1.36 bits per heavy atom. The molecule has 2 heteroatoms. The highest BCUT2D eigenvalue weighted by Gasteiger charge is 2.37. The van der Waals surface area contributed by atoms with Crippen LogP contribution in [0.3, 0.4) is 0 Å². The van der Waals surface area contributed by atoms with Crippen molar-refractivity contribution < 1.29 is 4.79 Å². The Hall–Kier alpha value is -0.370. The maximum atomic E-state index is 11.7. The van der Waals surface area contributed by atoms with Gasteiger partial charge in [0, 0.05) is 18.4 Å². The first-order chi connectivity index (χ1) is 6.83. The Morgan fingerprint density at radius 2 is 2.21 bits per heavy atom. The van der Waals surface area contributed by atoms with E-state index in [1.165, 1.54) is 32.4 Å². The van der Waals surface area contributed by atoms with Crippen LogP contribution in [0.15, 0.2) is 0 Å². The first-order valence-electron chi connectivity index (χ1n) is 6.09. The maximum absolute atomic E-state index is 11.7. The van der Waals surface area contributed by atoms with Gasteiger partial charge in [0.15, 0.2) is 0 Å². The molecule has 1 heterocycles. The van der Waals surface area contributed by atoms with Gasteiger partial charge in [0.1, 0.15) is 5.78 Å². The van der Waals surface area contributed by atoms with E-state index in [4.69, 9.17) is 0 Å². The van der Waals surface area contributed by atoms with Crippen LogP contribution in [-0.2, 0) is 4.79 Å². The molecule has 1 saturated heterocycles. The predicted octanol–water partition coefficient (Wildman–Crippen LogP) is 2.23. The molecule has 0 aromatic carbocycles. The Labute approximate surface area is 86.7 Å². The van der Waals surface area contributed by atoms with Gasteiger partial charge in [-0.1, -0.05) is 6.92 Å². The van der Waals surface area contributed by atoms with E-state index in [0.29, 0.717) is 17.7 Å². The fourth-order valence-electron chi connectivity index (χ4n) is 3.12. The van der Waals surface area contributed by atoms with Crippen LogP contribution in [0.2, 0.25) is 0 Å². The van der Waals surface area contributed by atoms with Crippen LogP contribution in [0.4, 0.5) is 0 Å². The molecule has 0 amide bonds. The van der Waals surface area contributed by atoms with E-state index in [9.17, 15) is 4.79 Å². The SMILES string of the molecule is CCCN1CCCC1C1CCCC1=O. The lowest BCUT2D eigenvalue weighted by atomic mass is 9.95. The second-order valence-electron chi connectivity index (χ2n) is 4.71. The van der Waals surface area contributed by atoms with Crippen LogP contribution in [0.5, 0.6) is 0 Å². The van der Waals surface area contributed by atoms with Gasteiger partial charge in [0.25, 0.3) is 0 Å². The summed E-state index contributed by atoms with van der Waals surface area (Å²) in [6, 6.07) is 0.602. The standard InChI is InChI=1S/C12H21NO/c1-2-8-13-9-4-6-11(13)10-5-3-7-12(10)14/h10-11H,2-9H2,1H3. The highest BCUT2D eigenvalue weighted by Crippen LogP contribution is 2.33. The summed E-state index contributed by atoms with van der Waals surface area (Å²) >= 11 is 0. The minimum atomic E-state index is 0.393. The number of Topliss-reactive ketones (excluding diaryl/α,β-unsaturated/α-hetero) is 1. The quantitative estimate of drug-likeness (QED) is 0.688. The van der Waals surface area contributed by atoms with Gasteiger partial charge in [-0.05, 0) is 45.2 Å². The lowest BCUT2D eigenvalue weighted by molar-refractivity contribution is -0.122. The van der Waals surface area contributed by atoms with E-state index in [1.807, 2.05) is 0 Å². The largest absolute Gasteiger partial charge is 0.300 e. The molecule has 2 atom stereocenters. The molecule has 2 fully saturated rings. The third kappa shape index (κ3) is 1.85. The number of ketones is 1. The molecule has 0 aromatic rings. The number of rotatable bonds is 3. The summed E-state index contributed by atoms with van der Waals surface area (Å²) in [5.74, 6) is 0.932. The minimum absolute atomic E-state index is 0.393. The number of carbonyl (C=O) groups is 1. The Kier molecular flexibility index (Phi) is 3.22. The van der Waals surface area contributed by atoms with Crippen LogP contribution in [-0.4, -0.2) is 29.8 Å². The van der Waals surface area contributed by atoms with Crippen molar-refractivity contribution >= 4 is 5.78 Å². The maximum Gasteiger partial charge on any atom is 0.137 e. The smallest absolute Gasteiger partial charge is 0.137 e. The molecule has 0 N–H and O–H groups in total. The zero-order valence-corrected chi connectivity index (χ0v) is 9.17. The molecular weight excluding hydrogens is 174 g/mol. The van der Waals surface area contributed by atoms with Gasteiger partial charge >= 0.3 is 0 Å². The van der Waals surface area contributed by atoms with Crippen LogP contribution in [0.25, 0.3) is 0 Å². The van der Waals surface area contributed by atoms with Crippen molar-refractivity contribution in [1.82, 2.24) is 4.90 Å². The van der Waals surface area contributed by atoms with Gasteiger partial charge in [0.05, 0.1) is 0 Å². The Bertz CT molecular complexity index is 214. The monoisotopic (exact) mass is 195 g/mol. The minimum Gasteiger partial charge on any atom is -0.300 e. The predicted molar refractivity (Wildman–Crippen MR) is 57.2 cm³/mol. The second-order valence-corrected chi connectivity index (χ2v) is 4.71. The van der Waals surface area contributed by atoms with Gasteiger partial charge in [-0.2, -0.15) is 0 Å². The molecule has 80 valence electrons. The number of hydrogen-bond acceptors (Lipinski definition) is 2. The van der Waals surface area contributed by atoms with Gasteiger partial charge in [-0.25, -0.2) is 0 Å². The molecule has 14 heavy (non-hydrogen) atoms. The van der Waals surface area contributed by atoms with E-state index >= 15 is 0 Å². The van der Waals surface area contributed by atoms with Crippen LogP contribution in [0, 0.1) is 5.92 Å². The summed E-state index contributed by atoms with van der Waals surface area (Å²) in [5, 5.41) is 0. The van der Waals surface area contributed by atoms with Crippen LogP contribution >= 0.6 is 0 Å². The molecule has 0 spiro atoms. The fraction of sp³-hybridized carbons (Fsp3) is 0.917. The van der Waals surface area contributed by atoms with Crippen molar-refractivity contribution in [3.8, 4) is 0 Å². The molecule has 0 aromatic heterocycles. The first kappa shape index (κ1) is 10.2. The molecule has 2 unspecified atom stereocenters. The van der Waals surface area contributed by atoms with Crippen molar-refractivity contribution in [1.29, 1.82) is 0 Å². The highest BCUT2D eigenvalue weighted by molar-refractivity contribution is 5.83. The molecule has 2 rings (SSSR count). The number of nitrogens with zero attached hydrogens (tertiary/aromatic N) is 1. The van der Waals surface area contributed by atoms with Crippen LogP contribution < -0.4 is 0 Å². The zero-order chi connectivity index (χ0) is 9.97. The highest BCUT2D eigenvalue weighted by atomic mass is 16.1. The van der Waals surface area contributed by atoms with Gasteiger partial charge in [-0.3, -0.25) is 9.69 Å². The van der Waals surface area contributed by atoms with Gasteiger partial charge in [-0.15, -0.1) is 0 Å². The number of carbonyl (C=O) groups excluding carboxylic acids is 1. The lowest BCUT2D eigenvalue weighted by Gasteiger charge is -2.27. The summed E-state index contributed by atoms with van der Waals surface area (Å²) < 4.78 is 0. The average Bonchev–Trinajstić information content (AvgIpc) is 2.74. The van der Waals surface area contributed by atoms with E-state index in [0.717, 1.165) is 19.3 Å². The summed E-state index contributed by atoms with van der Waals surface area (Å²) in [6.45, 7) is 4.64. The second kappa shape index (κ2) is 4.43. The molecule has 1 aliphatic carbocycles. The number of hydrogen-bond donors (Lipinski definition) is 0. The molecule has 1 aliphatic heterocycles. The molecule has 0 bridgehead atoms.